The molecule has 0 saturated carbocycles. The van der Waals surface area contributed by atoms with Crippen LogP contribution in [-0.4, -0.2) is 62.9 Å². The summed E-state index contributed by atoms with van der Waals surface area (Å²) in [6.07, 6.45) is 5.57. The van der Waals surface area contributed by atoms with E-state index in [1.807, 2.05) is 16.7 Å². The van der Waals surface area contributed by atoms with E-state index in [2.05, 4.69) is 33.8 Å². The molecule has 1 aromatic heterocycles. The van der Waals surface area contributed by atoms with Crippen molar-refractivity contribution in [1.29, 1.82) is 0 Å². The number of carboxylic acid groups (broad SMARTS) is 2. The van der Waals surface area contributed by atoms with Gasteiger partial charge < -0.3 is 24.6 Å². The standard InChI is InChI=1S/C21H25BrN2O3.C4H4O4/c1-3-20-8-4-9-23-10-7-15-14-6-5-13(22)11-16(14)24(17(15)18(20)23)21(26,12-20)19(25)27-2;5-3(6)1-2-4(7)8/h5-6,11,18,26H,3-4,7-10,12H2,1-2H3;1-2H,(H,5,6)(H,7,8)/b;2-1+/t18-,20+,21+;/m1./s1. The Hall–Kier alpha value is -2.69. The molecular weight excluding hydrogens is 520 g/mol. The molecule has 3 atom stereocenters. The van der Waals surface area contributed by atoms with Crippen LogP contribution in [-0.2, 0) is 31.3 Å². The highest BCUT2D eigenvalue weighted by molar-refractivity contribution is 9.10. The lowest BCUT2D eigenvalue weighted by molar-refractivity contribution is -0.194. The molecule has 0 radical (unpaired) electrons. The van der Waals surface area contributed by atoms with Crippen molar-refractivity contribution in [3.05, 3.63) is 46.1 Å². The van der Waals surface area contributed by atoms with E-state index in [0.29, 0.717) is 18.6 Å². The van der Waals surface area contributed by atoms with Crippen LogP contribution in [0.5, 0.6) is 0 Å². The molecule has 0 bridgehead atoms. The highest BCUT2D eigenvalue weighted by atomic mass is 79.9. The normalized spacial score (nSPS) is 27.1. The predicted molar refractivity (Wildman–Crippen MR) is 131 cm³/mol. The molecule has 3 aliphatic heterocycles. The number of carbonyl (C=O) groups excluding carboxylic acids is 1. The molecule has 10 heteroatoms. The van der Waals surface area contributed by atoms with Crippen LogP contribution >= 0.6 is 15.9 Å². The fourth-order valence-corrected chi connectivity index (χ4v) is 6.61. The molecule has 4 heterocycles. The molecule has 9 nitrogen and oxygen atoms in total. The lowest BCUT2D eigenvalue weighted by Crippen LogP contribution is -2.60. The Morgan fingerprint density at radius 3 is 2.49 bits per heavy atom. The number of esters is 1. The van der Waals surface area contributed by atoms with E-state index in [0.717, 1.165) is 59.8 Å². The molecule has 188 valence electrons. The van der Waals surface area contributed by atoms with Crippen molar-refractivity contribution in [2.24, 2.45) is 5.41 Å². The van der Waals surface area contributed by atoms with Crippen LogP contribution in [0.25, 0.3) is 10.9 Å². The van der Waals surface area contributed by atoms with Gasteiger partial charge in [-0.05, 0) is 55.3 Å². The summed E-state index contributed by atoms with van der Waals surface area (Å²) < 4.78 is 7.97. The van der Waals surface area contributed by atoms with Gasteiger partial charge in [0, 0.05) is 40.7 Å². The second kappa shape index (κ2) is 9.40. The zero-order valence-corrected chi connectivity index (χ0v) is 21.2. The zero-order chi connectivity index (χ0) is 25.5. The number of carbonyl (C=O) groups is 3. The van der Waals surface area contributed by atoms with Crippen molar-refractivity contribution in [2.75, 3.05) is 20.2 Å². The number of rotatable bonds is 4. The van der Waals surface area contributed by atoms with E-state index in [1.54, 1.807) is 0 Å². The molecule has 3 N–H and O–H groups in total. The highest BCUT2D eigenvalue weighted by Crippen LogP contribution is 2.60. The van der Waals surface area contributed by atoms with Crippen molar-refractivity contribution in [3.63, 3.8) is 0 Å². The van der Waals surface area contributed by atoms with Crippen LogP contribution in [0.1, 0.15) is 49.9 Å². The Labute approximate surface area is 211 Å². The molecule has 1 saturated heterocycles. The number of piperidine rings is 1. The quantitative estimate of drug-likeness (QED) is 0.391. The first-order valence-electron chi connectivity index (χ1n) is 11.6. The van der Waals surface area contributed by atoms with E-state index < -0.39 is 23.6 Å². The van der Waals surface area contributed by atoms with Gasteiger partial charge in [-0.25, -0.2) is 14.4 Å². The van der Waals surface area contributed by atoms with Crippen molar-refractivity contribution >= 4 is 44.7 Å². The number of methoxy groups -OCH3 is 1. The summed E-state index contributed by atoms with van der Waals surface area (Å²) in [7, 11) is 1.37. The van der Waals surface area contributed by atoms with Crippen molar-refractivity contribution < 1.29 is 34.4 Å². The minimum absolute atomic E-state index is 0.0992. The third kappa shape index (κ3) is 4.17. The number of benzene rings is 1. The number of aliphatic hydroxyl groups is 1. The van der Waals surface area contributed by atoms with Gasteiger partial charge >= 0.3 is 17.9 Å². The highest BCUT2D eigenvalue weighted by Gasteiger charge is 2.60. The molecule has 3 aliphatic rings. The molecule has 0 amide bonds. The zero-order valence-electron chi connectivity index (χ0n) is 19.7. The lowest BCUT2D eigenvalue weighted by Gasteiger charge is -2.57. The minimum atomic E-state index is -1.66. The van der Waals surface area contributed by atoms with Gasteiger partial charge in [0.2, 0.25) is 5.72 Å². The average Bonchev–Trinajstić information content (AvgIpc) is 3.16. The summed E-state index contributed by atoms with van der Waals surface area (Å²) in [6, 6.07) is 6.44. The summed E-state index contributed by atoms with van der Waals surface area (Å²) in [4.78, 5) is 34.6. The number of carboxylic acids is 2. The van der Waals surface area contributed by atoms with E-state index in [9.17, 15) is 19.5 Å². The Morgan fingerprint density at radius 1 is 1.20 bits per heavy atom. The summed E-state index contributed by atoms with van der Waals surface area (Å²) in [5.74, 6) is -3.07. The molecule has 0 unspecified atom stereocenters. The number of nitrogens with zero attached hydrogens (tertiary/aromatic N) is 2. The van der Waals surface area contributed by atoms with Gasteiger partial charge in [-0.1, -0.05) is 28.9 Å². The summed E-state index contributed by atoms with van der Waals surface area (Å²) in [5, 5.41) is 28.6. The molecule has 35 heavy (non-hydrogen) atoms. The molecule has 0 spiro atoms. The van der Waals surface area contributed by atoms with Crippen LogP contribution < -0.4 is 0 Å². The number of hydrogen-bond donors (Lipinski definition) is 3. The fraction of sp³-hybridized carbons (Fsp3) is 0.480. The summed E-state index contributed by atoms with van der Waals surface area (Å²) >= 11 is 3.57. The van der Waals surface area contributed by atoms with Crippen LogP contribution in [0.15, 0.2) is 34.8 Å². The van der Waals surface area contributed by atoms with Gasteiger partial charge in [0.25, 0.3) is 0 Å². The van der Waals surface area contributed by atoms with Gasteiger partial charge in [0.15, 0.2) is 0 Å². The van der Waals surface area contributed by atoms with Crippen LogP contribution in [0.4, 0.5) is 0 Å². The lowest BCUT2D eigenvalue weighted by atomic mass is 9.62. The minimum Gasteiger partial charge on any atom is -0.478 e. The van der Waals surface area contributed by atoms with Crippen molar-refractivity contribution in [1.82, 2.24) is 9.47 Å². The number of hydrogen-bond acceptors (Lipinski definition) is 6. The van der Waals surface area contributed by atoms with Gasteiger partial charge in [0.1, 0.15) is 0 Å². The topological polar surface area (TPSA) is 129 Å². The third-order valence-corrected chi connectivity index (χ3v) is 8.10. The van der Waals surface area contributed by atoms with Crippen LogP contribution in [0.2, 0.25) is 0 Å². The monoisotopic (exact) mass is 548 g/mol. The fourth-order valence-electron chi connectivity index (χ4n) is 6.26. The predicted octanol–water partition coefficient (Wildman–Crippen LogP) is 3.43. The SMILES string of the molecule is CC[C@]12CCCN3CCc4c(n(c5cc(Br)ccc45)[C@@](O)(C(=O)OC)C1)[C@@H]32.O=C(O)/C=C/C(=O)O. The maximum Gasteiger partial charge on any atom is 0.359 e. The van der Waals surface area contributed by atoms with Gasteiger partial charge in [-0.15, -0.1) is 0 Å². The molecule has 5 rings (SSSR count). The molecular formula is C25H29BrN2O7. The van der Waals surface area contributed by atoms with Crippen LogP contribution in [0.3, 0.4) is 0 Å². The Kier molecular flexibility index (Phi) is 6.82. The number of ether oxygens (including phenoxy) is 1. The second-order valence-corrected chi connectivity index (χ2v) is 10.3. The first kappa shape index (κ1) is 25.4. The molecule has 1 fully saturated rings. The maximum atomic E-state index is 12.9. The number of aromatic nitrogens is 1. The Bertz CT molecular complexity index is 1210. The first-order chi connectivity index (χ1) is 16.6. The van der Waals surface area contributed by atoms with E-state index >= 15 is 0 Å². The number of aliphatic carboxylic acids is 2. The van der Waals surface area contributed by atoms with E-state index in [4.69, 9.17) is 14.9 Å². The first-order valence-corrected chi connectivity index (χ1v) is 12.4. The number of halogens is 1. The molecule has 2 aromatic rings. The van der Waals surface area contributed by atoms with Gasteiger partial charge in [-0.2, -0.15) is 0 Å². The van der Waals surface area contributed by atoms with Gasteiger partial charge in [-0.3, -0.25) is 4.90 Å². The van der Waals surface area contributed by atoms with Crippen molar-refractivity contribution in [2.45, 2.75) is 50.8 Å². The Balaban J connectivity index is 0.000000314. The summed E-state index contributed by atoms with van der Waals surface area (Å²) in [5.41, 5.74) is 1.58. The van der Waals surface area contributed by atoms with Crippen LogP contribution in [0, 0.1) is 5.41 Å². The van der Waals surface area contributed by atoms with E-state index in [1.165, 1.54) is 12.7 Å². The molecule has 0 aliphatic carbocycles. The van der Waals surface area contributed by atoms with Gasteiger partial charge in [0.05, 0.1) is 18.7 Å². The molecule has 1 aromatic carbocycles. The van der Waals surface area contributed by atoms with E-state index in [-0.39, 0.29) is 11.5 Å². The third-order valence-electron chi connectivity index (χ3n) is 7.60. The Morgan fingerprint density at radius 2 is 1.89 bits per heavy atom. The smallest absolute Gasteiger partial charge is 0.359 e. The average molecular weight is 549 g/mol. The number of fused-ring (bicyclic) bond motifs is 3. The second-order valence-electron chi connectivity index (χ2n) is 9.36. The largest absolute Gasteiger partial charge is 0.478 e. The maximum absolute atomic E-state index is 12.9. The summed E-state index contributed by atoms with van der Waals surface area (Å²) in [6.45, 7) is 4.34. The van der Waals surface area contributed by atoms with Crippen molar-refractivity contribution in [3.8, 4) is 0 Å².